The predicted octanol–water partition coefficient (Wildman–Crippen LogP) is 2.89. The predicted molar refractivity (Wildman–Crippen MR) is 71.8 cm³/mol. The molecule has 0 amide bonds. The molecule has 96 valence electrons. The minimum absolute atomic E-state index is 0.720. The zero-order valence-electron chi connectivity index (χ0n) is 11.6. The summed E-state index contributed by atoms with van der Waals surface area (Å²) in [6.45, 7) is 13.0. The Kier molecular flexibility index (Phi) is 6.37. The van der Waals surface area contributed by atoms with Crippen LogP contribution < -0.4 is 5.32 Å². The molecule has 0 spiro atoms. The molecule has 2 heteroatoms. The maximum absolute atomic E-state index is 3.68. The zero-order valence-corrected chi connectivity index (χ0v) is 11.6. The second-order valence-corrected chi connectivity index (χ2v) is 5.42. The van der Waals surface area contributed by atoms with Gasteiger partial charge in [-0.05, 0) is 18.8 Å². The molecule has 1 aliphatic rings. The summed E-state index contributed by atoms with van der Waals surface area (Å²) in [6, 6.07) is 1.50. The van der Waals surface area contributed by atoms with Gasteiger partial charge in [-0.3, -0.25) is 4.90 Å². The first-order valence-electron chi connectivity index (χ1n) is 7.18. The average molecular weight is 226 g/mol. The van der Waals surface area contributed by atoms with Gasteiger partial charge in [0.25, 0.3) is 0 Å². The van der Waals surface area contributed by atoms with E-state index in [4.69, 9.17) is 0 Å². The van der Waals surface area contributed by atoms with E-state index >= 15 is 0 Å². The molecule has 3 atom stereocenters. The largest absolute Gasteiger partial charge is 0.311 e. The molecule has 0 radical (unpaired) electrons. The summed E-state index contributed by atoms with van der Waals surface area (Å²) in [5.74, 6) is 0.843. The third kappa shape index (κ3) is 4.06. The SMILES string of the molecule is CCCC1CNC(CC)CN1CC(C)CC. The first kappa shape index (κ1) is 14.0. The van der Waals surface area contributed by atoms with Crippen LogP contribution >= 0.6 is 0 Å². The first-order valence-corrected chi connectivity index (χ1v) is 7.18. The fourth-order valence-electron chi connectivity index (χ4n) is 2.57. The van der Waals surface area contributed by atoms with Gasteiger partial charge in [0, 0.05) is 31.7 Å². The van der Waals surface area contributed by atoms with E-state index in [1.165, 1.54) is 45.3 Å². The smallest absolute Gasteiger partial charge is 0.0221 e. The van der Waals surface area contributed by atoms with Gasteiger partial charge in [-0.25, -0.2) is 0 Å². The van der Waals surface area contributed by atoms with Crippen molar-refractivity contribution >= 4 is 0 Å². The molecule has 0 aromatic carbocycles. The van der Waals surface area contributed by atoms with Gasteiger partial charge < -0.3 is 5.32 Å². The Morgan fingerprint density at radius 3 is 2.62 bits per heavy atom. The van der Waals surface area contributed by atoms with Crippen LogP contribution in [0.25, 0.3) is 0 Å². The molecule has 3 unspecified atom stereocenters. The molecule has 1 fully saturated rings. The molecule has 0 bridgehead atoms. The van der Waals surface area contributed by atoms with Crippen molar-refractivity contribution in [2.75, 3.05) is 19.6 Å². The number of rotatable bonds is 6. The highest BCUT2D eigenvalue weighted by Crippen LogP contribution is 2.16. The summed E-state index contributed by atoms with van der Waals surface area (Å²) in [5.41, 5.74) is 0. The summed E-state index contributed by atoms with van der Waals surface area (Å²) in [5, 5.41) is 3.68. The average Bonchev–Trinajstić information content (AvgIpc) is 2.31. The van der Waals surface area contributed by atoms with Crippen molar-refractivity contribution in [2.24, 2.45) is 5.92 Å². The molecule has 1 saturated heterocycles. The number of hydrogen-bond acceptors (Lipinski definition) is 2. The van der Waals surface area contributed by atoms with Gasteiger partial charge in [-0.1, -0.05) is 40.5 Å². The summed E-state index contributed by atoms with van der Waals surface area (Å²) in [7, 11) is 0. The maximum Gasteiger partial charge on any atom is 0.0221 e. The number of hydrogen-bond donors (Lipinski definition) is 1. The van der Waals surface area contributed by atoms with Gasteiger partial charge in [-0.2, -0.15) is 0 Å². The second kappa shape index (κ2) is 7.29. The molecule has 16 heavy (non-hydrogen) atoms. The van der Waals surface area contributed by atoms with Crippen LogP contribution in [-0.2, 0) is 0 Å². The molecular weight excluding hydrogens is 196 g/mol. The van der Waals surface area contributed by atoms with E-state index in [0.717, 1.165) is 18.0 Å². The van der Waals surface area contributed by atoms with Crippen LogP contribution in [-0.4, -0.2) is 36.6 Å². The third-order valence-corrected chi connectivity index (χ3v) is 3.97. The van der Waals surface area contributed by atoms with Gasteiger partial charge >= 0.3 is 0 Å². The van der Waals surface area contributed by atoms with Crippen molar-refractivity contribution in [3.8, 4) is 0 Å². The Bertz CT molecular complexity index is 180. The Morgan fingerprint density at radius 2 is 2.06 bits per heavy atom. The van der Waals surface area contributed by atoms with Crippen LogP contribution in [0.4, 0.5) is 0 Å². The van der Waals surface area contributed by atoms with Gasteiger partial charge in [0.15, 0.2) is 0 Å². The van der Waals surface area contributed by atoms with Crippen LogP contribution in [0.5, 0.6) is 0 Å². The standard InChI is InChI=1S/C14H30N2/c1-5-8-14-9-15-13(7-3)11-16(14)10-12(4)6-2/h12-15H,5-11H2,1-4H3. The van der Waals surface area contributed by atoms with Crippen LogP contribution in [0.1, 0.15) is 53.4 Å². The topological polar surface area (TPSA) is 15.3 Å². The molecule has 0 aromatic heterocycles. The van der Waals surface area contributed by atoms with Crippen LogP contribution in [0, 0.1) is 5.92 Å². The van der Waals surface area contributed by atoms with Crippen LogP contribution in [0.3, 0.4) is 0 Å². The highest BCUT2D eigenvalue weighted by atomic mass is 15.2. The van der Waals surface area contributed by atoms with Crippen molar-refractivity contribution in [2.45, 2.75) is 65.5 Å². The first-order chi connectivity index (χ1) is 7.71. The maximum atomic E-state index is 3.68. The summed E-state index contributed by atoms with van der Waals surface area (Å²) in [6.07, 6.45) is 5.22. The van der Waals surface area contributed by atoms with E-state index in [2.05, 4.69) is 37.9 Å². The second-order valence-electron chi connectivity index (χ2n) is 5.42. The van der Waals surface area contributed by atoms with E-state index in [-0.39, 0.29) is 0 Å². The van der Waals surface area contributed by atoms with Crippen molar-refractivity contribution in [3.63, 3.8) is 0 Å². The number of piperazine rings is 1. The Balaban J connectivity index is 2.49. The minimum atomic E-state index is 0.720. The molecule has 1 rings (SSSR count). The fraction of sp³-hybridized carbons (Fsp3) is 1.00. The molecule has 1 N–H and O–H groups in total. The van der Waals surface area contributed by atoms with Gasteiger partial charge in [0.2, 0.25) is 0 Å². The molecular formula is C14H30N2. The highest BCUT2D eigenvalue weighted by molar-refractivity contribution is 4.85. The van der Waals surface area contributed by atoms with Crippen molar-refractivity contribution in [1.29, 1.82) is 0 Å². The van der Waals surface area contributed by atoms with Crippen LogP contribution in [0.15, 0.2) is 0 Å². The highest BCUT2D eigenvalue weighted by Gasteiger charge is 2.26. The monoisotopic (exact) mass is 226 g/mol. The molecule has 1 aliphatic heterocycles. The molecule has 0 aliphatic carbocycles. The van der Waals surface area contributed by atoms with E-state index in [1.807, 2.05) is 0 Å². The lowest BCUT2D eigenvalue weighted by atomic mass is 10.0. The Labute approximate surface area is 102 Å². The Hall–Kier alpha value is -0.0800. The molecule has 0 aromatic rings. The molecule has 0 saturated carbocycles. The van der Waals surface area contributed by atoms with Crippen molar-refractivity contribution in [1.82, 2.24) is 10.2 Å². The van der Waals surface area contributed by atoms with Gasteiger partial charge in [0.05, 0.1) is 0 Å². The van der Waals surface area contributed by atoms with Gasteiger partial charge in [-0.15, -0.1) is 0 Å². The lowest BCUT2D eigenvalue weighted by Gasteiger charge is -2.41. The van der Waals surface area contributed by atoms with Crippen molar-refractivity contribution in [3.05, 3.63) is 0 Å². The van der Waals surface area contributed by atoms with E-state index in [0.29, 0.717) is 0 Å². The van der Waals surface area contributed by atoms with E-state index < -0.39 is 0 Å². The lowest BCUT2D eigenvalue weighted by molar-refractivity contribution is 0.104. The summed E-state index contributed by atoms with van der Waals surface area (Å²) in [4.78, 5) is 2.74. The fourth-order valence-corrected chi connectivity index (χ4v) is 2.57. The molecule has 1 heterocycles. The van der Waals surface area contributed by atoms with E-state index in [9.17, 15) is 0 Å². The quantitative estimate of drug-likeness (QED) is 0.749. The lowest BCUT2D eigenvalue weighted by Crippen LogP contribution is -2.57. The number of nitrogens with zero attached hydrogens (tertiary/aromatic N) is 1. The minimum Gasteiger partial charge on any atom is -0.311 e. The Morgan fingerprint density at radius 1 is 1.31 bits per heavy atom. The summed E-state index contributed by atoms with van der Waals surface area (Å²) >= 11 is 0. The van der Waals surface area contributed by atoms with Crippen molar-refractivity contribution < 1.29 is 0 Å². The normalized spacial score (nSPS) is 29.2. The van der Waals surface area contributed by atoms with Gasteiger partial charge in [0.1, 0.15) is 0 Å². The summed E-state index contributed by atoms with van der Waals surface area (Å²) < 4.78 is 0. The molecule has 2 nitrogen and oxygen atoms in total. The van der Waals surface area contributed by atoms with Crippen LogP contribution in [0.2, 0.25) is 0 Å². The number of nitrogens with one attached hydrogen (secondary N) is 1. The zero-order chi connectivity index (χ0) is 12.0. The third-order valence-electron chi connectivity index (χ3n) is 3.97. The van der Waals surface area contributed by atoms with E-state index in [1.54, 1.807) is 0 Å².